The standard InChI is InChI=1S/C24H24N2O3/c1-16-14-21(17(2)26(16)19-12-13-19)24(28)29-15-23(27)25-22-11-7-6-10-20(22)18-8-4-3-5-9-18/h3-11,14,19H,12-13,15H2,1-2H3,(H,25,27). The molecule has 0 radical (unpaired) electrons. The van der Waals surface area contributed by atoms with E-state index in [9.17, 15) is 9.59 Å². The second-order valence-electron chi connectivity index (χ2n) is 7.42. The molecule has 0 saturated heterocycles. The molecule has 1 saturated carbocycles. The summed E-state index contributed by atoms with van der Waals surface area (Å²) in [6.45, 7) is 3.60. The maximum absolute atomic E-state index is 12.5. The molecule has 4 rings (SSSR count). The molecule has 1 aliphatic carbocycles. The number of ether oxygens (including phenoxy) is 1. The third kappa shape index (κ3) is 4.09. The lowest BCUT2D eigenvalue weighted by Gasteiger charge is -2.12. The summed E-state index contributed by atoms with van der Waals surface area (Å²) in [5.74, 6) is -0.825. The number of rotatable bonds is 6. The van der Waals surface area contributed by atoms with E-state index in [1.807, 2.05) is 74.5 Å². The smallest absolute Gasteiger partial charge is 0.340 e. The van der Waals surface area contributed by atoms with Gasteiger partial charge in [-0.1, -0.05) is 48.5 Å². The fraction of sp³-hybridized carbons (Fsp3) is 0.250. The summed E-state index contributed by atoms with van der Waals surface area (Å²) in [5, 5.41) is 2.85. The molecule has 0 aliphatic heterocycles. The summed E-state index contributed by atoms with van der Waals surface area (Å²) < 4.78 is 7.48. The van der Waals surface area contributed by atoms with Gasteiger partial charge >= 0.3 is 5.97 Å². The summed E-state index contributed by atoms with van der Waals surface area (Å²) in [5.41, 5.74) is 5.11. The van der Waals surface area contributed by atoms with Gasteiger partial charge in [0.1, 0.15) is 0 Å². The van der Waals surface area contributed by atoms with E-state index in [1.54, 1.807) is 0 Å². The summed E-state index contributed by atoms with van der Waals surface area (Å²) in [6.07, 6.45) is 2.29. The number of aromatic nitrogens is 1. The summed E-state index contributed by atoms with van der Waals surface area (Å²) >= 11 is 0. The van der Waals surface area contributed by atoms with Gasteiger partial charge in [0.05, 0.1) is 5.56 Å². The normalized spacial score (nSPS) is 13.2. The summed E-state index contributed by atoms with van der Waals surface area (Å²) in [4.78, 5) is 24.9. The molecule has 29 heavy (non-hydrogen) atoms. The predicted octanol–water partition coefficient (Wildman–Crippen LogP) is 4.90. The Morgan fingerprint density at radius 1 is 1.03 bits per heavy atom. The van der Waals surface area contributed by atoms with Crippen molar-refractivity contribution in [3.05, 3.63) is 77.6 Å². The number of anilines is 1. The van der Waals surface area contributed by atoms with Crippen LogP contribution in [0.1, 0.15) is 40.6 Å². The van der Waals surface area contributed by atoms with Crippen LogP contribution in [-0.2, 0) is 9.53 Å². The van der Waals surface area contributed by atoms with Crippen molar-refractivity contribution in [2.45, 2.75) is 32.7 Å². The lowest BCUT2D eigenvalue weighted by molar-refractivity contribution is -0.119. The lowest BCUT2D eigenvalue weighted by atomic mass is 10.0. The lowest BCUT2D eigenvalue weighted by Crippen LogP contribution is -2.21. The first-order chi connectivity index (χ1) is 14.0. The average Bonchev–Trinajstić information content (AvgIpc) is 3.51. The third-order valence-electron chi connectivity index (χ3n) is 5.24. The van der Waals surface area contributed by atoms with E-state index in [0.29, 0.717) is 17.3 Å². The molecular weight excluding hydrogens is 364 g/mol. The van der Waals surface area contributed by atoms with E-state index >= 15 is 0 Å². The fourth-order valence-electron chi connectivity index (χ4n) is 3.74. The van der Waals surface area contributed by atoms with Gasteiger partial charge in [0.15, 0.2) is 6.61 Å². The molecule has 1 fully saturated rings. The predicted molar refractivity (Wildman–Crippen MR) is 113 cm³/mol. The number of amides is 1. The van der Waals surface area contributed by atoms with Gasteiger partial charge in [-0.05, 0) is 44.4 Å². The minimum absolute atomic E-state index is 0.324. The highest BCUT2D eigenvalue weighted by Crippen LogP contribution is 2.38. The molecule has 148 valence electrons. The van der Waals surface area contributed by atoms with Crippen LogP contribution in [0.2, 0.25) is 0 Å². The zero-order valence-corrected chi connectivity index (χ0v) is 16.6. The number of para-hydroxylation sites is 1. The number of hydrogen-bond donors (Lipinski definition) is 1. The molecule has 1 amide bonds. The first kappa shape index (κ1) is 19.0. The molecule has 0 bridgehead atoms. The van der Waals surface area contributed by atoms with E-state index < -0.39 is 5.97 Å². The van der Waals surface area contributed by atoms with Gasteiger partial charge in [0, 0.05) is 28.7 Å². The van der Waals surface area contributed by atoms with Crippen LogP contribution in [0, 0.1) is 13.8 Å². The topological polar surface area (TPSA) is 60.3 Å². The number of nitrogens with zero attached hydrogens (tertiary/aromatic N) is 1. The van der Waals surface area contributed by atoms with Crippen molar-refractivity contribution in [3.63, 3.8) is 0 Å². The summed E-state index contributed by atoms with van der Waals surface area (Å²) in [6, 6.07) is 19.7. The molecule has 0 atom stereocenters. The largest absolute Gasteiger partial charge is 0.452 e. The second-order valence-corrected chi connectivity index (χ2v) is 7.42. The fourth-order valence-corrected chi connectivity index (χ4v) is 3.74. The van der Waals surface area contributed by atoms with E-state index in [1.165, 1.54) is 0 Å². The molecule has 3 aromatic rings. The summed E-state index contributed by atoms with van der Waals surface area (Å²) in [7, 11) is 0. The second kappa shape index (κ2) is 7.95. The zero-order valence-electron chi connectivity index (χ0n) is 16.6. The average molecular weight is 388 g/mol. The first-order valence-electron chi connectivity index (χ1n) is 9.84. The molecule has 1 heterocycles. The number of hydrogen-bond acceptors (Lipinski definition) is 3. The van der Waals surface area contributed by atoms with Crippen molar-refractivity contribution >= 4 is 17.6 Å². The molecule has 5 heteroatoms. The maximum Gasteiger partial charge on any atom is 0.340 e. The van der Waals surface area contributed by atoms with Crippen molar-refractivity contribution in [2.75, 3.05) is 11.9 Å². The van der Waals surface area contributed by atoms with Crippen LogP contribution >= 0.6 is 0 Å². The van der Waals surface area contributed by atoms with Gasteiger partial charge in [0.2, 0.25) is 0 Å². The number of aryl methyl sites for hydroxylation is 1. The third-order valence-corrected chi connectivity index (χ3v) is 5.24. The van der Waals surface area contributed by atoms with Crippen LogP contribution < -0.4 is 5.32 Å². The Labute approximate surface area is 170 Å². The molecule has 2 aromatic carbocycles. The Kier molecular flexibility index (Phi) is 5.21. The van der Waals surface area contributed by atoms with Gasteiger partial charge in [-0.25, -0.2) is 4.79 Å². The Hall–Kier alpha value is -3.34. The van der Waals surface area contributed by atoms with E-state index in [2.05, 4.69) is 9.88 Å². The van der Waals surface area contributed by atoms with E-state index in [-0.39, 0.29) is 12.5 Å². The number of benzene rings is 2. The van der Waals surface area contributed by atoms with Crippen molar-refractivity contribution in [2.24, 2.45) is 0 Å². The molecule has 1 aliphatic rings. The number of nitrogens with one attached hydrogen (secondary N) is 1. The van der Waals surface area contributed by atoms with Gasteiger partial charge in [-0.3, -0.25) is 4.79 Å². The van der Waals surface area contributed by atoms with E-state index in [0.717, 1.165) is 35.4 Å². The molecule has 0 unspecified atom stereocenters. The number of carbonyl (C=O) groups is 2. The van der Waals surface area contributed by atoms with Gasteiger partial charge in [-0.2, -0.15) is 0 Å². The highest BCUT2D eigenvalue weighted by Gasteiger charge is 2.28. The quantitative estimate of drug-likeness (QED) is 0.611. The Bertz CT molecular complexity index is 1050. The maximum atomic E-state index is 12.5. The minimum atomic E-state index is -0.462. The van der Waals surface area contributed by atoms with Crippen LogP contribution in [0.25, 0.3) is 11.1 Å². The molecular formula is C24H24N2O3. The van der Waals surface area contributed by atoms with Gasteiger partial charge in [0.25, 0.3) is 5.91 Å². The van der Waals surface area contributed by atoms with Crippen molar-refractivity contribution in [1.82, 2.24) is 4.57 Å². The van der Waals surface area contributed by atoms with Gasteiger partial charge < -0.3 is 14.6 Å². The Morgan fingerprint density at radius 2 is 1.72 bits per heavy atom. The van der Waals surface area contributed by atoms with Crippen LogP contribution in [0.3, 0.4) is 0 Å². The first-order valence-corrected chi connectivity index (χ1v) is 9.84. The van der Waals surface area contributed by atoms with Crippen molar-refractivity contribution in [3.8, 4) is 11.1 Å². The van der Waals surface area contributed by atoms with Crippen LogP contribution in [0.15, 0.2) is 60.7 Å². The number of carbonyl (C=O) groups excluding carboxylic acids is 2. The molecule has 5 nitrogen and oxygen atoms in total. The van der Waals surface area contributed by atoms with Crippen LogP contribution in [0.4, 0.5) is 5.69 Å². The highest BCUT2D eigenvalue weighted by molar-refractivity contribution is 5.98. The Morgan fingerprint density at radius 3 is 2.45 bits per heavy atom. The van der Waals surface area contributed by atoms with Gasteiger partial charge in [-0.15, -0.1) is 0 Å². The zero-order chi connectivity index (χ0) is 20.4. The Balaban J connectivity index is 1.41. The van der Waals surface area contributed by atoms with E-state index in [4.69, 9.17) is 4.74 Å². The van der Waals surface area contributed by atoms with Crippen molar-refractivity contribution < 1.29 is 14.3 Å². The molecule has 1 aromatic heterocycles. The monoisotopic (exact) mass is 388 g/mol. The minimum Gasteiger partial charge on any atom is -0.452 e. The molecule has 0 spiro atoms. The SMILES string of the molecule is Cc1cc(C(=O)OCC(=O)Nc2ccccc2-c2ccccc2)c(C)n1C1CC1. The number of esters is 1. The molecule has 1 N–H and O–H groups in total. The van der Waals surface area contributed by atoms with Crippen molar-refractivity contribution in [1.29, 1.82) is 0 Å². The van der Waals surface area contributed by atoms with Crippen LogP contribution in [0.5, 0.6) is 0 Å². The highest BCUT2D eigenvalue weighted by atomic mass is 16.5. The van der Waals surface area contributed by atoms with Crippen LogP contribution in [-0.4, -0.2) is 23.1 Å².